The first kappa shape index (κ1) is 13.7. The minimum atomic E-state index is -0.693. The summed E-state index contributed by atoms with van der Waals surface area (Å²) in [5.74, 6) is -0.409. The minimum Gasteiger partial charge on any atom is -0.394 e. The Hall–Kier alpha value is -1.69. The molecule has 1 heterocycles. The molecule has 100 valence electrons. The van der Waals surface area contributed by atoms with Crippen LogP contribution in [0.2, 0.25) is 5.15 Å². The third-order valence-electron chi connectivity index (χ3n) is 2.77. The topological polar surface area (TPSA) is 82.5 Å². The number of rotatable bonds is 4. The number of aliphatic hydroxyl groups excluding tert-OH is 2. The van der Waals surface area contributed by atoms with Crippen molar-refractivity contribution in [1.29, 1.82) is 0 Å². The first-order valence-electron chi connectivity index (χ1n) is 5.73. The van der Waals surface area contributed by atoms with Crippen LogP contribution in [0.5, 0.6) is 0 Å². The van der Waals surface area contributed by atoms with Crippen molar-refractivity contribution in [2.45, 2.75) is 6.04 Å². The maximum Gasteiger partial charge on any atom is 0.253 e. The summed E-state index contributed by atoms with van der Waals surface area (Å²) in [5.41, 5.74) is 0.354. The lowest BCUT2D eigenvalue weighted by Gasteiger charge is -2.14. The first-order chi connectivity index (χ1) is 9.17. The number of hydrogen-bond acceptors (Lipinski definition) is 4. The third kappa shape index (κ3) is 2.84. The number of nitrogens with zero attached hydrogens (tertiary/aromatic N) is 1. The number of hydrogen-bond donors (Lipinski definition) is 3. The van der Waals surface area contributed by atoms with Gasteiger partial charge in [0.05, 0.1) is 24.8 Å². The average molecular weight is 281 g/mol. The van der Waals surface area contributed by atoms with Gasteiger partial charge >= 0.3 is 0 Å². The molecule has 0 aliphatic heterocycles. The lowest BCUT2D eigenvalue weighted by molar-refractivity contribution is 0.0880. The summed E-state index contributed by atoms with van der Waals surface area (Å²) in [6.07, 6.45) is 1.38. The fourth-order valence-corrected chi connectivity index (χ4v) is 1.96. The number of carbonyl (C=O) groups is 1. The van der Waals surface area contributed by atoms with Gasteiger partial charge in [0.25, 0.3) is 5.91 Å². The van der Waals surface area contributed by atoms with Gasteiger partial charge in [0.1, 0.15) is 5.15 Å². The second kappa shape index (κ2) is 5.97. The predicted molar refractivity (Wildman–Crippen MR) is 72.2 cm³/mol. The van der Waals surface area contributed by atoms with Crippen molar-refractivity contribution < 1.29 is 15.0 Å². The van der Waals surface area contributed by atoms with Gasteiger partial charge in [-0.1, -0.05) is 35.9 Å². The number of amides is 1. The Labute approximate surface area is 114 Å². The smallest absolute Gasteiger partial charge is 0.253 e. The van der Waals surface area contributed by atoms with Crippen molar-refractivity contribution in [3.05, 3.63) is 41.2 Å². The molecule has 1 amide bonds. The molecule has 2 rings (SSSR count). The molecular weight excluding hydrogens is 268 g/mol. The van der Waals surface area contributed by atoms with E-state index in [0.29, 0.717) is 21.5 Å². The van der Waals surface area contributed by atoms with Gasteiger partial charge in [-0.2, -0.15) is 0 Å². The van der Waals surface area contributed by atoms with Crippen LogP contribution >= 0.6 is 11.6 Å². The molecule has 2 aromatic rings. The summed E-state index contributed by atoms with van der Waals surface area (Å²) in [4.78, 5) is 16.0. The number of pyridine rings is 1. The summed E-state index contributed by atoms with van der Waals surface area (Å²) >= 11 is 5.97. The van der Waals surface area contributed by atoms with Crippen molar-refractivity contribution in [2.75, 3.05) is 13.2 Å². The number of fused-ring (bicyclic) bond motifs is 1. The standard InChI is InChI=1S/C13H13ClN2O3/c14-12-10-4-2-1-3-9(10)11(5-15-12)13(19)16-8(6-17)7-18/h1-5,8,17-18H,6-7H2,(H,16,19). The molecule has 0 unspecified atom stereocenters. The van der Waals surface area contributed by atoms with Gasteiger partial charge in [-0.05, 0) is 5.39 Å². The van der Waals surface area contributed by atoms with Crippen LogP contribution in [0.4, 0.5) is 0 Å². The number of carbonyl (C=O) groups excluding carboxylic acids is 1. The molecule has 0 spiro atoms. The zero-order valence-electron chi connectivity index (χ0n) is 10.0. The highest BCUT2D eigenvalue weighted by molar-refractivity contribution is 6.34. The fourth-order valence-electron chi connectivity index (χ4n) is 1.75. The van der Waals surface area contributed by atoms with Gasteiger partial charge in [0.15, 0.2) is 0 Å². The Balaban J connectivity index is 2.40. The highest BCUT2D eigenvalue weighted by Crippen LogP contribution is 2.24. The van der Waals surface area contributed by atoms with Crippen LogP contribution in [0, 0.1) is 0 Å². The monoisotopic (exact) mass is 280 g/mol. The Morgan fingerprint density at radius 2 is 1.89 bits per heavy atom. The molecule has 1 aromatic heterocycles. The van der Waals surface area contributed by atoms with E-state index in [-0.39, 0.29) is 13.2 Å². The van der Waals surface area contributed by atoms with Crippen LogP contribution < -0.4 is 5.32 Å². The zero-order valence-corrected chi connectivity index (χ0v) is 10.8. The lowest BCUT2D eigenvalue weighted by atomic mass is 10.1. The summed E-state index contributed by atoms with van der Waals surface area (Å²) in [6, 6.07) is 6.45. The van der Waals surface area contributed by atoms with Crippen molar-refractivity contribution in [3.8, 4) is 0 Å². The fraction of sp³-hybridized carbons (Fsp3) is 0.231. The Bertz CT molecular complexity index is 599. The van der Waals surface area contributed by atoms with Crippen molar-refractivity contribution in [2.24, 2.45) is 0 Å². The van der Waals surface area contributed by atoms with Crippen LogP contribution in [0.15, 0.2) is 30.5 Å². The lowest BCUT2D eigenvalue weighted by Crippen LogP contribution is -2.40. The second-order valence-electron chi connectivity index (χ2n) is 4.04. The van der Waals surface area contributed by atoms with Gasteiger partial charge in [-0.15, -0.1) is 0 Å². The van der Waals surface area contributed by atoms with E-state index in [1.807, 2.05) is 6.07 Å². The SMILES string of the molecule is O=C(NC(CO)CO)c1cnc(Cl)c2ccccc12. The summed E-state index contributed by atoms with van der Waals surface area (Å²) in [5, 5.41) is 22.1. The van der Waals surface area contributed by atoms with Gasteiger partial charge < -0.3 is 15.5 Å². The maximum atomic E-state index is 12.1. The number of aliphatic hydroxyl groups is 2. The summed E-state index contributed by atoms with van der Waals surface area (Å²) in [7, 11) is 0. The summed E-state index contributed by atoms with van der Waals surface area (Å²) in [6.45, 7) is -0.664. The number of benzene rings is 1. The Kier molecular flexibility index (Phi) is 4.31. The summed E-state index contributed by atoms with van der Waals surface area (Å²) < 4.78 is 0. The van der Waals surface area contributed by atoms with Gasteiger partial charge in [0.2, 0.25) is 0 Å². The predicted octanol–water partition coefficient (Wildman–Crippen LogP) is 0.971. The van der Waals surface area contributed by atoms with Crippen LogP contribution in [0.25, 0.3) is 10.8 Å². The molecule has 1 aromatic carbocycles. The van der Waals surface area contributed by atoms with Gasteiger partial charge in [-0.25, -0.2) is 4.98 Å². The van der Waals surface area contributed by atoms with E-state index in [4.69, 9.17) is 21.8 Å². The Morgan fingerprint density at radius 3 is 2.53 bits per heavy atom. The number of aromatic nitrogens is 1. The van der Waals surface area contributed by atoms with E-state index < -0.39 is 11.9 Å². The number of halogens is 1. The van der Waals surface area contributed by atoms with Crippen LogP contribution in [-0.4, -0.2) is 40.4 Å². The first-order valence-corrected chi connectivity index (χ1v) is 6.11. The largest absolute Gasteiger partial charge is 0.394 e. The van der Waals surface area contributed by atoms with E-state index >= 15 is 0 Å². The minimum absolute atomic E-state index is 0.327. The number of nitrogens with one attached hydrogen (secondary N) is 1. The van der Waals surface area contributed by atoms with Crippen LogP contribution in [0.3, 0.4) is 0 Å². The molecule has 19 heavy (non-hydrogen) atoms. The molecule has 5 nitrogen and oxygen atoms in total. The zero-order chi connectivity index (χ0) is 13.8. The molecule has 0 bridgehead atoms. The van der Waals surface area contributed by atoms with Crippen molar-refractivity contribution >= 4 is 28.3 Å². The van der Waals surface area contributed by atoms with E-state index in [1.54, 1.807) is 18.2 Å². The molecular formula is C13H13ClN2O3. The van der Waals surface area contributed by atoms with Crippen LogP contribution in [-0.2, 0) is 0 Å². The molecule has 0 saturated heterocycles. The molecule has 0 aliphatic carbocycles. The van der Waals surface area contributed by atoms with Gasteiger partial charge in [0, 0.05) is 11.6 Å². The molecule has 0 fully saturated rings. The molecule has 3 N–H and O–H groups in total. The normalized spacial score (nSPS) is 10.9. The molecule has 6 heteroatoms. The quantitative estimate of drug-likeness (QED) is 0.729. The maximum absolute atomic E-state index is 12.1. The van der Waals surface area contributed by atoms with E-state index in [2.05, 4.69) is 10.3 Å². The van der Waals surface area contributed by atoms with E-state index in [0.717, 1.165) is 0 Å². The molecule has 0 saturated carbocycles. The van der Waals surface area contributed by atoms with Crippen molar-refractivity contribution in [3.63, 3.8) is 0 Å². The van der Waals surface area contributed by atoms with E-state index in [1.165, 1.54) is 6.20 Å². The van der Waals surface area contributed by atoms with Crippen LogP contribution in [0.1, 0.15) is 10.4 Å². The average Bonchev–Trinajstić information content (AvgIpc) is 2.45. The molecule has 0 aliphatic rings. The van der Waals surface area contributed by atoms with Gasteiger partial charge in [-0.3, -0.25) is 4.79 Å². The highest BCUT2D eigenvalue weighted by atomic mass is 35.5. The molecule has 0 radical (unpaired) electrons. The Morgan fingerprint density at radius 1 is 1.26 bits per heavy atom. The highest BCUT2D eigenvalue weighted by Gasteiger charge is 2.16. The molecule has 0 atom stereocenters. The third-order valence-corrected chi connectivity index (χ3v) is 3.07. The second-order valence-corrected chi connectivity index (χ2v) is 4.40. The van der Waals surface area contributed by atoms with E-state index in [9.17, 15) is 4.79 Å². The van der Waals surface area contributed by atoms with Crippen molar-refractivity contribution in [1.82, 2.24) is 10.3 Å².